The number of carbonyl (C=O) groups excluding carboxylic acids is 1. The first kappa shape index (κ1) is 25.3. The van der Waals surface area contributed by atoms with Crippen molar-refractivity contribution in [1.29, 1.82) is 0 Å². The normalized spacial score (nSPS) is 21.4. The number of carbonyl (C=O) groups is 1. The maximum absolute atomic E-state index is 12.4. The molecule has 1 atom stereocenters. The number of aromatic nitrogens is 1. The average molecular weight is 470 g/mol. The van der Waals surface area contributed by atoms with Gasteiger partial charge < -0.3 is 28.9 Å². The smallest absolute Gasteiger partial charge is 0.410 e. The van der Waals surface area contributed by atoms with Gasteiger partial charge in [-0.1, -0.05) is 26.5 Å². The van der Waals surface area contributed by atoms with Gasteiger partial charge in [0, 0.05) is 63.2 Å². The van der Waals surface area contributed by atoms with Crippen LogP contribution in [0, 0.1) is 0 Å². The largest absolute Gasteiger partial charge is 0.481 e. The minimum atomic E-state index is -0.265. The zero-order valence-electron chi connectivity index (χ0n) is 20.6. The Morgan fingerprint density at radius 2 is 2.03 bits per heavy atom. The second-order valence-electron chi connectivity index (χ2n) is 7.74. The van der Waals surface area contributed by atoms with Crippen LogP contribution >= 0.6 is 0 Å². The van der Waals surface area contributed by atoms with Crippen molar-refractivity contribution in [1.82, 2.24) is 19.7 Å². The van der Waals surface area contributed by atoms with Crippen LogP contribution in [0.15, 0.2) is 54.1 Å². The van der Waals surface area contributed by atoms with Crippen LogP contribution in [0.3, 0.4) is 0 Å². The molecule has 2 fully saturated rings. The van der Waals surface area contributed by atoms with Crippen molar-refractivity contribution in [3.05, 3.63) is 54.6 Å². The van der Waals surface area contributed by atoms with E-state index in [1.807, 2.05) is 50.2 Å². The first-order chi connectivity index (χ1) is 16.6. The molecule has 0 radical (unpaired) electrons. The summed E-state index contributed by atoms with van der Waals surface area (Å²) in [6, 6.07) is 3.80. The maximum Gasteiger partial charge on any atom is 0.410 e. The van der Waals surface area contributed by atoms with E-state index < -0.39 is 0 Å². The summed E-state index contributed by atoms with van der Waals surface area (Å²) in [6.07, 6.45) is 7.79. The molecule has 2 saturated heterocycles. The predicted molar refractivity (Wildman–Crippen MR) is 132 cm³/mol. The molecule has 4 rings (SSSR count). The van der Waals surface area contributed by atoms with E-state index in [9.17, 15) is 4.79 Å². The highest BCUT2D eigenvalue weighted by Gasteiger charge is 2.28. The van der Waals surface area contributed by atoms with Gasteiger partial charge in [-0.05, 0) is 18.2 Å². The number of allylic oxidation sites excluding steroid dienone is 2. The number of amidine groups is 1. The first-order valence-corrected chi connectivity index (χ1v) is 11.7. The Bertz CT molecular complexity index is 944. The van der Waals surface area contributed by atoms with E-state index in [0.717, 1.165) is 29.2 Å². The number of amides is 1. The Morgan fingerprint density at radius 1 is 1.26 bits per heavy atom. The Morgan fingerprint density at radius 3 is 2.68 bits per heavy atom. The first-order valence-electron chi connectivity index (χ1n) is 11.7. The highest BCUT2D eigenvalue weighted by Crippen LogP contribution is 2.30. The Balaban J connectivity index is 0.00000158. The molecule has 1 amide bonds. The zero-order chi connectivity index (χ0) is 24.5. The number of ether oxygens (including phenoxy) is 3. The third-order valence-corrected chi connectivity index (χ3v) is 5.72. The fourth-order valence-corrected chi connectivity index (χ4v) is 3.92. The van der Waals surface area contributed by atoms with Crippen LogP contribution in [0.5, 0.6) is 5.88 Å². The Hall–Kier alpha value is -3.33. The van der Waals surface area contributed by atoms with Gasteiger partial charge >= 0.3 is 6.09 Å². The number of piperazine rings is 1. The van der Waals surface area contributed by atoms with Crippen LogP contribution in [0.4, 0.5) is 4.79 Å². The monoisotopic (exact) mass is 469 g/mol. The predicted octanol–water partition coefficient (Wildman–Crippen LogP) is 3.37. The van der Waals surface area contributed by atoms with Gasteiger partial charge in [-0.3, -0.25) is 0 Å². The summed E-state index contributed by atoms with van der Waals surface area (Å²) < 4.78 is 16.3. The molecule has 1 aromatic rings. The van der Waals surface area contributed by atoms with Crippen LogP contribution in [-0.4, -0.2) is 91.3 Å². The summed E-state index contributed by atoms with van der Waals surface area (Å²) in [5.74, 6) is 2.12. The number of methoxy groups -OCH3 is 1. The minimum Gasteiger partial charge on any atom is -0.481 e. The molecule has 1 aromatic heterocycles. The van der Waals surface area contributed by atoms with Crippen molar-refractivity contribution >= 4 is 17.5 Å². The van der Waals surface area contributed by atoms with Crippen LogP contribution in [0.1, 0.15) is 25.8 Å². The molecule has 0 saturated carbocycles. The topological polar surface area (TPSA) is 79.7 Å². The molecule has 184 valence electrons. The van der Waals surface area contributed by atoms with Crippen molar-refractivity contribution in [3.63, 3.8) is 0 Å². The van der Waals surface area contributed by atoms with Crippen molar-refractivity contribution in [2.75, 3.05) is 53.6 Å². The lowest BCUT2D eigenvalue weighted by Crippen LogP contribution is -2.51. The van der Waals surface area contributed by atoms with Crippen LogP contribution < -0.4 is 4.74 Å². The van der Waals surface area contributed by atoms with Gasteiger partial charge in [-0.15, -0.1) is 0 Å². The van der Waals surface area contributed by atoms with E-state index in [1.165, 1.54) is 0 Å². The molecular weight excluding hydrogens is 434 g/mol. The SMILES string of the molecule is C=C/C(=C1/N=C(N2CCN(C(=O)OC3CCOC3)CC2)C=CN1C)c1cccnc1OC.CC. The summed E-state index contributed by atoms with van der Waals surface area (Å²) in [4.78, 5) is 27.5. The molecule has 4 heterocycles. The second kappa shape index (κ2) is 12.2. The number of aliphatic imine (C=N–C) groups is 1. The zero-order valence-corrected chi connectivity index (χ0v) is 20.6. The number of hydrogen-bond donors (Lipinski definition) is 0. The average Bonchev–Trinajstić information content (AvgIpc) is 3.40. The lowest BCUT2D eigenvalue weighted by molar-refractivity contribution is 0.0467. The van der Waals surface area contributed by atoms with Crippen molar-refractivity contribution < 1.29 is 19.0 Å². The summed E-state index contributed by atoms with van der Waals surface area (Å²) in [7, 11) is 3.54. The van der Waals surface area contributed by atoms with E-state index in [4.69, 9.17) is 19.2 Å². The van der Waals surface area contributed by atoms with E-state index >= 15 is 0 Å². The van der Waals surface area contributed by atoms with Gasteiger partial charge in [0.05, 0.1) is 20.3 Å². The summed E-state index contributed by atoms with van der Waals surface area (Å²) in [6.45, 7) is 11.6. The fraction of sp³-hybridized carbons (Fsp3) is 0.480. The molecular formula is C25H35N5O4. The number of nitrogens with zero attached hydrogens (tertiary/aromatic N) is 5. The summed E-state index contributed by atoms with van der Waals surface area (Å²) in [5.41, 5.74) is 1.66. The third-order valence-electron chi connectivity index (χ3n) is 5.72. The Kier molecular flexibility index (Phi) is 9.09. The van der Waals surface area contributed by atoms with E-state index in [0.29, 0.717) is 45.3 Å². The molecule has 0 spiro atoms. The van der Waals surface area contributed by atoms with Gasteiger partial charge in [0.15, 0.2) is 0 Å². The van der Waals surface area contributed by atoms with Gasteiger partial charge in [0.25, 0.3) is 0 Å². The summed E-state index contributed by atoms with van der Waals surface area (Å²) >= 11 is 0. The van der Waals surface area contributed by atoms with Gasteiger partial charge in [-0.2, -0.15) is 0 Å². The Labute approximate surface area is 202 Å². The second-order valence-corrected chi connectivity index (χ2v) is 7.74. The molecule has 9 heteroatoms. The maximum atomic E-state index is 12.4. The number of pyridine rings is 1. The number of rotatable bonds is 4. The quantitative estimate of drug-likeness (QED) is 0.669. The molecule has 0 N–H and O–H groups in total. The molecule has 9 nitrogen and oxygen atoms in total. The molecule has 3 aliphatic heterocycles. The van der Waals surface area contributed by atoms with E-state index in [2.05, 4.69) is 16.5 Å². The molecule has 0 aromatic carbocycles. The lowest BCUT2D eigenvalue weighted by atomic mass is 10.1. The molecule has 0 aliphatic carbocycles. The molecule has 3 aliphatic rings. The van der Waals surface area contributed by atoms with Crippen molar-refractivity contribution in [3.8, 4) is 5.88 Å². The highest BCUT2D eigenvalue weighted by molar-refractivity contribution is 5.96. The standard InChI is InChI=1S/C23H29N5O4.C2H6/c1-4-18(19-6-5-9-24-22(19)30-3)21-25-20(7-10-26(21)2)27-11-13-28(14-12-27)23(29)32-17-8-15-31-16-17;1-2/h4-7,9-10,17H,1,8,11-16H2,2-3H3;1-2H3/b21-18+;. The van der Waals surface area contributed by atoms with Gasteiger partial charge in [0.2, 0.25) is 5.88 Å². The lowest BCUT2D eigenvalue weighted by Gasteiger charge is -2.37. The number of hydrogen-bond acceptors (Lipinski definition) is 8. The fourth-order valence-electron chi connectivity index (χ4n) is 3.92. The van der Waals surface area contributed by atoms with Crippen molar-refractivity contribution in [2.24, 2.45) is 4.99 Å². The molecule has 1 unspecified atom stereocenters. The van der Waals surface area contributed by atoms with E-state index in [-0.39, 0.29) is 12.2 Å². The van der Waals surface area contributed by atoms with Crippen LogP contribution in [0.25, 0.3) is 5.57 Å². The van der Waals surface area contributed by atoms with E-state index in [1.54, 1.807) is 24.3 Å². The van der Waals surface area contributed by atoms with Gasteiger partial charge in [0.1, 0.15) is 17.8 Å². The third kappa shape index (κ3) is 5.77. The molecule has 34 heavy (non-hydrogen) atoms. The molecule has 0 bridgehead atoms. The summed E-state index contributed by atoms with van der Waals surface area (Å²) in [5, 5.41) is 0. The van der Waals surface area contributed by atoms with Crippen LogP contribution in [-0.2, 0) is 9.47 Å². The minimum absolute atomic E-state index is 0.129. The van der Waals surface area contributed by atoms with Gasteiger partial charge in [-0.25, -0.2) is 14.8 Å². The highest BCUT2D eigenvalue weighted by atomic mass is 16.6. The van der Waals surface area contributed by atoms with Crippen LogP contribution in [0.2, 0.25) is 0 Å². The van der Waals surface area contributed by atoms with Crippen molar-refractivity contribution in [2.45, 2.75) is 26.4 Å².